The van der Waals surface area contributed by atoms with Gasteiger partial charge in [0, 0.05) is 50.6 Å². The van der Waals surface area contributed by atoms with Gasteiger partial charge in [-0.05, 0) is 57.1 Å². The first-order valence-electron chi connectivity index (χ1n) is 12.8. The summed E-state index contributed by atoms with van der Waals surface area (Å²) in [7, 11) is 0. The molecule has 3 fully saturated rings. The molecule has 2 saturated heterocycles. The predicted octanol–water partition coefficient (Wildman–Crippen LogP) is 3.11. The SMILES string of the molecule is Cc1cc(N2CCN([C@H]3CC[C@@H](C[C@H](N)C(=O)N4CCSC4)CC3)CC2)n(-c2ccccc2)n1. The number of hydrogen-bond donors (Lipinski definition) is 1. The number of amides is 1. The number of aryl methyl sites for hydroxylation is 1. The molecule has 1 aliphatic carbocycles. The summed E-state index contributed by atoms with van der Waals surface area (Å²) in [6.07, 6.45) is 5.70. The number of aromatic nitrogens is 2. The zero-order valence-corrected chi connectivity index (χ0v) is 21.1. The lowest BCUT2D eigenvalue weighted by molar-refractivity contribution is -0.131. The monoisotopic (exact) mass is 482 g/mol. The molecule has 34 heavy (non-hydrogen) atoms. The number of nitrogens with two attached hydrogens (primary N) is 1. The first-order valence-corrected chi connectivity index (χ1v) is 14.0. The molecule has 1 aromatic heterocycles. The zero-order chi connectivity index (χ0) is 23.5. The molecule has 1 amide bonds. The second kappa shape index (κ2) is 10.7. The number of para-hydroxylation sites is 1. The largest absolute Gasteiger partial charge is 0.354 e. The van der Waals surface area contributed by atoms with Crippen LogP contribution in [0.1, 0.15) is 37.8 Å². The molecule has 3 heterocycles. The van der Waals surface area contributed by atoms with Gasteiger partial charge in [-0.15, -0.1) is 11.8 Å². The maximum Gasteiger partial charge on any atom is 0.240 e. The van der Waals surface area contributed by atoms with Crippen LogP contribution in [0.15, 0.2) is 36.4 Å². The topological polar surface area (TPSA) is 70.6 Å². The maximum absolute atomic E-state index is 12.6. The summed E-state index contributed by atoms with van der Waals surface area (Å²) in [5.41, 5.74) is 8.48. The van der Waals surface area contributed by atoms with Crippen LogP contribution < -0.4 is 10.6 Å². The Kier molecular flexibility index (Phi) is 7.46. The van der Waals surface area contributed by atoms with Crippen molar-refractivity contribution < 1.29 is 4.79 Å². The zero-order valence-electron chi connectivity index (χ0n) is 20.3. The molecular weight excluding hydrogens is 444 g/mol. The summed E-state index contributed by atoms with van der Waals surface area (Å²) in [5, 5.41) is 4.76. The van der Waals surface area contributed by atoms with Gasteiger partial charge in [-0.3, -0.25) is 9.69 Å². The molecular formula is C26H38N6OS. The van der Waals surface area contributed by atoms with Gasteiger partial charge in [0.15, 0.2) is 0 Å². The molecule has 1 saturated carbocycles. The van der Waals surface area contributed by atoms with Crippen LogP contribution in [0, 0.1) is 12.8 Å². The third-order valence-electron chi connectivity index (χ3n) is 7.75. The van der Waals surface area contributed by atoms with Crippen LogP contribution in [0.3, 0.4) is 0 Å². The number of carbonyl (C=O) groups excluding carboxylic acids is 1. The van der Waals surface area contributed by atoms with E-state index in [0.29, 0.717) is 12.0 Å². The Balaban J connectivity index is 1.10. The fourth-order valence-corrected chi connectivity index (χ4v) is 6.77. The van der Waals surface area contributed by atoms with E-state index in [0.717, 1.165) is 62.2 Å². The Morgan fingerprint density at radius 2 is 1.82 bits per heavy atom. The number of thioether (sulfide) groups is 1. The van der Waals surface area contributed by atoms with E-state index in [4.69, 9.17) is 10.8 Å². The third kappa shape index (κ3) is 5.29. The lowest BCUT2D eigenvalue weighted by Crippen LogP contribution is -2.51. The fourth-order valence-electron chi connectivity index (χ4n) is 5.81. The van der Waals surface area contributed by atoms with Crippen molar-refractivity contribution in [3.63, 3.8) is 0 Å². The molecule has 0 radical (unpaired) electrons. The van der Waals surface area contributed by atoms with Gasteiger partial charge in [-0.1, -0.05) is 18.2 Å². The highest BCUT2D eigenvalue weighted by atomic mass is 32.2. The predicted molar refractivity (Wildman–Crippen MR) is 139 cm³/mol. The molecule has 0 bridgehead atoms. The Morgan fingerprint density at radius 1 is 1.09 bits per heavy atom. The Morgan fingerprint density at radius 3 is 2.50 bits per heavy atom. The van der Waals surface area contributed by atoms with Gasteiger partial charge in [0.1, 0.15) is 5.82 Å². The van der Waals surface area contributed by atoms with Crippen LogP contribution in [0.25, 0.3) is 5.69 Å². The number of carbonyl (C=O) groups is 1. The molecule has 2 N–H and O–H groups in total. The van der Waals surface area contributed by atoms with Crippen LogP contribution in [-0.4, -0.2) is 81.9 Å². The lowest BCUT2D eigenvalue weighted by atomic mass is 9.81. The molecule has 3 aliphatic rings. The van der Waals surface area contributed by atoms with Crippen molar-refractivity contribution in [1.82, 2.24) is 19.6 Å². The van der Waals surface area contributed by atoms with Crippen molar-refractivity contribution in [2.24, 2.45) is 11.7 Å². The van der Waals surface area contributed by atoms with Gasteiger partial charge in [-0.25, -0.2) is 4.68 Å². The molecule has 2 aliphatic heterocycles. The minimum atomic E-state index is -0.318. The van der Waals surface area contributed by atoms with Gasteiger partial charge in [0.05, 0.1) is 23.3 Å². The van der Waals surface area contributed by atoms with E-state index in [9.17, 15) is 4.79 Å². The van der Waals surface area contributed by atoms with Gasteiger partial charge in [0.25, 0.3) is 0 Å². The number of anilines is 1. The number of nitrogens with zero attached hydrogens (tertiary/aromatic N) is 5. The molecule has 0 unspecified atom stereocenters. The summed E-state index contributed by atoms with van der Waals surface area (Å²) < 4.78 is 2.08. The summed E-state index contributed by atoms with van der Waals surface area (Å²) in [4.78, 5) is 19.7. The highest BCUT2D eigenvalue weighted by Gasteiger charge is 2.32. The molecule has 184 valence electrons. The van der Waals surface area contributed by atoms with E-state index in [-0.39, 0.29) is 11.9 Å². The average Bonchev–Trinajstić information content (AvgIpc) is 3.55. The van der Waals surface area contributed by atoms with E-state index >= 15 is 0 Å². The van der Waals surface area contributed by atoms with Gasteiger partial charge < -0.3 is 15.5 Å². The van der Waals surface area contributed by atoms with Crippen LogP contribution >= 0.6 is 11.8 Å². The fraction of sp³-hybridized carbons (Fsp3) is 0.615. The van der Waals surface area contributed by atoms with Crippen LogP contribution in [0.5, 0.6) is 0 Å². The standard InChI is InChI=1S/C26H38N6OS/c1-20-17-25(32(28-20)23-5-3-2-4-6-23)30-13-11-29(12-14-30)22-9-7-21(8-10-22)18-24(27)26(33)31-15-16-34-19-31/h2-6,17,21-22,24H,7-16,18-19,27H2,1H3/t21-,22+,24-/m0/s1. The highest BCUT2D eigenvalue weighted by Crippen LogP contribution is 2.32. The first kappa shape index (κ1) is 23.7. The Labute approximate surface area is 207 Å². The second-order valence-corrected chi connectivity index (χ2v) is 11.1. The number of benzene rings is 1. The molecule has 0 spiro atoms. The Hall–Kier alpha value is -2.03. The van der Waals surface area contributed by atoms with E-state index in [1.54, 1.807) is 0 Å². The lowest BCUT2D eigenvalue weighted by Gasteiger charge is -2.42. The van der Waals surface area contributed by atoms with Gasteiger partial charge in [0.2, 0.25) is 5.91 Å². The summed E-state index contributed by atoms with van der Waals surface area (Å²) >= 11 is 1.83. The van der Waals surface area contributed by atoms with E-state index < -0.39 is 0 Å². The normalized spacial score (nSPS) is 25.0. The van der Waals surface area contributed by atoms with E-state index in [1.165, 1.54) is 31.5 Å². The Bertz CT molecular complexity index is 943. The van der Waals surface area contributed by atoms with Crippen molar-refractivity contribution >= 4 is 23.5 Å². The second-order valence-electron chi connectivity index (χ2n) is 10.1. The van der Waals surface area contributed by atoms with Crippen LogP contribution in [0.4, 0.5) is 5.82 Å². The van der Waals surface area contributed by atoms with Crippen molar-refractivity contribution in [2.45, 2.75) is 51.1 Å². The smallest absolute Gasteiger partial charge is 0.240 e. The summed E-state index contributed by atoms with van der Waals surface area (Å²) in [5.74, 6) is 3.81. The van der Waals surface area contributed by atoms with E-state index in [1.807, 2.05) is 22.7 Å². The molecule has 5 rings (SSSR count). The number of rotatable bonds is 6. The van der Waals surface area contributed by atoms with Crippen LogP contribution in [0.2, 0.25) is 0 Å². The summed E-state index contributed by atoms with van der Waals surface area (Å²) in [6.45, 7) is 7.19. The van der Waals surface area contributed by atoms with E-state index in [2.05, 4.69) is 51.7 Å². The molecule has 8 heteroatoms. The van der Waals surface area contributed by atoms with Crippen molar-refractivity contribution in [1.29, 1.82) is 0 Å². The molecule has 1 atom stereocenters. The summed E-state index contributed by atoms with van der Waals surface area (Å²) in [6, 6.07) is 13.0. The van der Waals surface area contributed by atoms with Crippen molar-refractivity contribution in [3.8, 4) is 5.69 Å². The molecule has 1 aromatic carbocycles. The highest BCUT2D eigenvalue weighted by molar-refractivity contribution is 7.99. The number of hydrogen-bond acceptors (Lipinski definition) is 6. The van der Waals surface area contributed by atoms with Crippen LogP contribution in [-0.2, 0) is 4.79 Å². The first-order chi connectivity index (χ1) is 16.6. The minimum absolute atomic E-state index is 0.160. The maximum atomic E-state index is 12.6. The molecule has 2 aromatic rings. The quantitative estimate of drug-likeness (QED) is 0.682. The molecule has 7 nitrogen and oxygen atoms in total. The van der Waals surface area contributed by atoms with Crippen molar-refractivity contribution in [2.75, 3.05) is 49.3 Å². The van der Waals surface area contributed by atoms with Gasteiger partial charge >= 0.3 is 0 Å². The van der Waals surface area contributed by atoms with Crippen molar-refractivity contribution in [3.05, 3.63) is 42.1 Å². The third-order valence-corrected chi connectivity index (χ3v) is 8.72. The average molecular weight is 483 g/mol. The number of piperazine rings is 1. The minimum Gasteiger partial charge on any atom is -0.354 e. The van der Waals surface area contributed by atoms with Gasteiger partial charge in [-0.2, -0.15) is 5.10 Å².